The lowest BCUT2D eigenvalue weighted by Gasteiger charge is -2.06. The minimum Gasteiger partial charge on any atom is -0.381 e. The maximum atomic E-state index is 12.0. The highest BCUT2D eigenvalue weighted by atomic mass is 19.4. The van der Waals surface area contributed by atoms with Crippen LogP contribution >= 0.6 is 0 Å². The van der Waals surface area contributed by atoms with Crippen molar-refractivity contribution in [2.75, 3.05) is 13.2 Å². The predicted octanol–water partition coefficient (Wildman–Crippen LogP) is 8.22. The monoisotopic (exact) mass is 366 g/mol. The van der Waals surface area contributed by atoms with E-state index in [2.05, 4.69) is 6.92 Å². The van der Waals surface area contributed by atoms with Crippen LogP contribution in [0.1, 0.15) is 116 Å². The Kier molecular flexibility index (Phi) is 18.4. The van der Waals surface area contributed by atoms with E-state index in [-0.39, 0.29) is 0 Å². The standard InChI is InChI=1S/C21H41F3O/c1-2-3-16-19-25-20-17-14-12-10-8-6-4-5-7-9-11-13-15-18-21(22,23)24/h2-20H2,1H3. The summed E-state index contributed by atoms with van der Waals surface area (Å²) in [6, 6.07) is 0. The summed E-state index contributed by atoms with van der Waals surface area (Å²) in [5.74, 6) is 0. The summed E-state index contributed by atoms with van der Waals surface area (Å²) in [6.45, 7) is 4.06. The summed E-state index contributed by atoms with van der Waals surface area (Å²) >= 11 is 0. The Morgan fingerprint density at radius 1 is 0.520 bits per heavy atom. The fraction of sp³-hybridized carbons (Fsp3) is 1.00. The molecule has 0 aromatic heterocycles. The van der Waals surface area contributed by atoms with Gasteiger partial charge in [-0.15, -0.1) is 0 Å². The van der Waals surface area contributed by atoms with Gasteiger partial charge in [-0.2, -0.15) is 13.2 Å². The molecule has 0 heterocycles. The highest BCUT2D eigenvalue weighted by Gasteiger charge is 2.25. The molecule has 0 N–H and O–H groups in total. The maximum absolute atomic E-state index is 12.0. The summed E-state index contributed by atoms with van der Waals surface area (Å²) in [4.78, 5) is 0. The molecule has 0 radical (unpaired) electrons. The van der Waals surface area contributed by atoms with Crippen molar-refractivity contribution in [3.8, 4) is 0 Å². The first-order valence-corrected chi connectivity index (χ1v) is 10.7. The largest absolute Gasteiger partial charge is 0.389 e. The van der Waals surface area contributed by atoms with Gasteiger partial charge >= 0.3 is 6.18 Å². The minimum absolute atomic E-state index is 0.299. The maximum Gasteiger partial charge on any atom is 0.389 e. The van der Waals surface area contributed by atoms with Crippen LogP contribution < -0.4 is 0 Å². The van der Waals surface area contributed by atoms with Crippen molar-refractivity contribution in [1.82, 2.24) is 0 Å². The van der Waals surface area contributed by atoms with Gasteiger partial charge in [0.15, 0.2) is 0 Å². The first-order valence-electron chi connectivity index (χ1n) is 10.7. The lowest BCUT2D eigenvalue weighted by atomic mass is 10.0. The van der Waals surface area contributed by atoms with Gasteiger partial charge in [-0.25, -0.2) is 0 Å². The number of unbranched alkanes of at least 4 members (excludes halogenated alkanes) is 14. The summed E-state index contributed by atoms with van der Waals surface area (Å²) in [6.07, 6.45) is 13.7. The van der Waals surface area contributed by atoms with Gasteiger partial charge in [-0.05, 0) is 19.3 Å². The van der Waals surface area contributed by atoms with Gasteiger partial charge in [0.25, 0.3) is 0 Å². The molecule has 0 fully saturated rings. The summed E-state index contributed by atoms with van der Waals surface area (Å²) in [7, 11) is 0. The third-order valence-corrected chi connectivity index (χ3v) is 4.64. The zero-order valence-electron chi connectivity index (χ0n) is 16.5. The van der Waals surface area contributed by atoms with E-state index in [1.54, 1.807) is 0 Å². The predicted molar refractivity (Wildman–Crippen MR) is 101 cm³/mol. The molecule has 0 bridgehead atoms. The molecule has 4 heteroatoms. The van der Waals surface area contributed by atoms with Gasteiger partial charge in [0.05, 0.1) is 0 Å². The smallest absolute Gasteiger partial charge is 0.381 e. The van der Waals surface area contributed by atoms with Crippen molar-refractivity contribution in [2.24, 2.45) is 0 Å². The second-order valence-electron chi connectivity index (χ2n) is 7.28. The molecule has 0 saturated carbocycles. The SMILES string of the molecule is CCCCCOCCCCCCCCCCCCCCCC(F)(F)F. The Balaban J connectivity index is 3.01. The van der Waals surface area contributed by atoms with Crippen LogP contribution in [0.25, 0.3) is 0 Å². The van der Waals surface area contributed by atoms with E-state index in [0.29, 0.717) is 6.42 Å². The first-order chi connectivity index (χ1) is 12.1. The average Bonchev–Trinajstić information content (AvgIpc) is 2.56. The molecular weight excluding hydrogens is 325 g/mol. The van der Waals surface area contributed by atoms with E-state index in [1.807, 2.05) is 0 Å². The van der Waals surface area contributed by atoms with Crippen molar-refractivity contribution in [2.45, 2.75) is 122 Å². The van der Waals surface area contributed by atoms with Gasteiger partial charge in [-0.3, -0.25) is 0 Å². The molecule has 0 atom stereocenters. The van der Waals surface area contributed by atoms with Gasteiger partial charge in [0.1, 0.15) is 0 Å². The Morgan fingerprint density at radius 3 is 1.28 bits per heavy atom. The topological polar surface area (TPSA) is 9.23 Å². The lowest BCUT2D eigenvalue weighted by molar-refractivity contribution is -0.135. The molecule has 0 amide bonds. The van der Waals surface area contributed by atoms with Crippen molar-refractivity contribution < 1.29 is 17.9 Å². The van der Waals surface area contributed by atoms with Crippen LogP contribution in [0.2, 0.25) is 0 Å². The summed E-state index contributed by atoms with van der Waals surface area (Å²) < 4.78 is 41.5. The molecule has 0 aliphatic carbocycles. The molecule has 0 aliphatic rings. The van der Waals surface area contributed by atoms with Crippen molar-refractivity contribution in [3.63, 3.8) is 0 Å². The first kappa shape index (κ1) is 24.8. The van der Waals surface area contributed by atoms with Crippen LogP contribution in [0.3, 0.4) is 0 Å². The van der Waals surface area contributed by atoms with Gasteiger partial charge < -0.3 is 4.74 Å². The van der Waals surface area contributed by atoms with E-state index in [1.165, 1.54) is 77.0 Å². The molecule has 0 aromatic rings. The van der Waals surface area contributed by atoms with Gasteiger partial charge in [-0.1, -0.05) is 90.4 Å². The van der Waals surface area contributed by atoms with Crippen molar-refractivity contribution in [3.05, 3.63) is 0 Å². The Bertz CT molecular complexity index is 254. The molecule has 0 spiro atoms. The van der Waals surface area contributed by atoms with Crippen LogP contribution in [-0.2, 0) is 4.74 Å². The highest BCUT2D eigenvalue weighted by Crippen LogP contribution is 2.23. The molecule has 25 heavy (non-hydrogen) atoms. The molecule has 152 valence electrons. The van der Waals surface area contributed by atoms with Crippen molar-refractivity contribution >= 4 is 0 Å². The molecule has 0 unspecified atom stereocenters. The Labute approximate surface area is 154 Å². The molecule has 0 aliphatic heterocycles. The van der Waals surface area contributed by atoms with Gasteiger partial charge in [0.2, 0.25) is 0 Å². The Hall–Kier alpha value is -0.250. The van der Waals surface area contributed by atoms with Crippen LogP contribution in [0.15, 0.2) is 0 Å². The molecular formula is C21H41F3O. The zero-order valence-corrected chi connectivity index (χ0v) is 16.5. The summed E-state index contributed by atoms with van der Waals surface area (Å²) in [5.41, 5.74) is 0. The van der Waals surface area contributed by atoms with E-state index in [4.69, 9.17) is 4.74 Å². The third-order valence-electron chi connectivity index (χ3n) is 4.64. The number of hydrogen-bond acceptors (Lipinski definition) is 1. The molecule has 1 nitrogen and oxygen atoms in total. The Morgan fingerprint density at radius 2 is 0.880 bits per heavy atom. The van der Waals surface area contributed by atoms with E-state index in [0.717, 1.165) is 32.5 Å². The van der Waals surface area contributed by atoms with Crippen LogP contribution in [0.5, 0.6) is 0 Å². The summed E-state index contributed by atoms with van der Waals surface area (Å²) in [5, 5.41) is 0. The molecule has 0 rings (SSSR count). The minimum atomic E-state index is -3.97. The van der Waals surface area contributed by atoms with Crippen LogP contribution in [0.4, 0.5) is 13.2 Å². The van der Waals surface area contributed by atoms with Crippen LogP contribution in [0, 0.1) is 0 Å². The van der Waals surface area contributed by atoms with Crippen LogP contribution in [-0.4, -0.2) is 19.4 Å². The fourth-order valence-electron chi connectivity index (χ4n) is 3.03. The number of hydrogen-bond donors (Lipinski definition) is 0. The molecule has 0 aromatic carbocycles. The van der Waals surface area contributed by atoms with Crippen molar-refractivity contribution in [1.29, 1.82) is 0 Å². The quantitative estimate of drug-likeness (QED) is 0.209. The number of rotatable bonds is 19. The second kappa shape index (κ2) is 18.5. The van der Waals surface area contributed by atoms with Gasteiger partial charge in [0, 0.05) is 19.6 Å². The fourth-order valence-corrected chi connectivity index (χ4v) is 3.03. The van der Waals surface area contributed by atoms with E-state index in [9.17, 15) is 13.2 Å². The lowest BCUT2D eigenvalue weighted by Crippen LogP contribution is -2.06. The normalized spacial score (nSPS) is 12.0. The number of halogens is 3. The number of alkyl halides is 3. The highest BCUT2D eigenvalue weighted by molar-refractivity contribution is 4.53. The number of ether oxygens (including phenoxy) is 1. The van der Waals surface area contributed by atoms with E-state index >= 15 is 0 Å². The second-order valence-corrected chi connectivity index (χ2v) is 7.28. The van der Waals surface area contributed by atoms with E-state index < -0.39 is 12.6 Å². The molecule has 0 saturated heterocycles. The average molecular weight is 367 g/mol. The third kappa shape index (κ3) is 23.8. The zero-order chi connectivity index (χ0) is 18.6.